The summed E-state index contributed by atoms with van der Waals surface area (Å²) in [5, 5.41) is 10.1. The summed E-state index contributed by atoms with van der Waals surface area (Å²) in [6.07, 6.45) is 6.74. The van der Waals surface area contributed by atoms with Gasteiger partial charge in [0, 0.05) is 6.42 Å². The number of nitrogens with zero attached hydrogens (tertiary/aromatic N) is 2. The number of nitro groups is 1. The fourth-order valence-corrected chi connectivity index (χ4v) is 1.31. The third-order valence-corrected chi connectivity index (χ3v) is 2.35. The van der Waals surface area contributed by atoms with Crippen LogP contribution in [0.4, 0.5) is 0 Å². The second-order valence-electron chi connectivity index (χ2n) is 3.67. The van der Waals surface area contributed by atoms with E-state index >= 15 is 0 Å². The Bertz CT molecular complexity index is 207. The Morgan fingerprint density at radius 1 is 1.20 bits per heavy atom. The van der Waals surface area contributed by atoms with Crippen LogP contribution in [-0.2, 0) is 4.79 Å². The van der Waals surface area contributed by atoms with Crippen LogP contribution in [0.1, 0.15) is 51.9 Å². The number of hydrogen-bond acceptors (Lipinski definition) is 3. The molecule has 5 nitrogen and oxygen atoms in total. The van der Waals surface area contributed by atoms with Gasteiger partial charge >= 0.3 is 0 Å². The van der Waals surface area contributed by atoms with E-state index < -0.39 is 10.9 Å². The minimum Gasteiger partial charge on any atom is -0.269 e. The molecular weight excluding hydrogens is 196 g/mol. The van der Waals surface area contributed by atoms with Crippen LogP contribution in [0, 0.1) is 10.1 Å². The largest absolute Gasteiger partial charge is 0.283 e. The van der Waals surface area contributed by atoms with Gasteiger partial charge in [0.15, 0.2) is 5.03 Å². The van der Waals surface area contributed by atoms with E-state index in [2.05, 4.69) is 6.92 Å². The van der Waals surface area contributed by atoms with Crippen molar-refractivity contribution in [3.8, 4) is 0 Å². The Kier molecular flexibility index (Phi) is 7.58. The van der Waals surface area contributed by atoms with E-state index in [1.807, 2.05) is 0 Å². The molecule has 0 radical (unpaired) electrons. The molecule has 0 fully saturated rings. The highest BCUT2D eigenvalue weighted by Crippen LogP contribution is 2.07. The molecule has 88 valence electrons. The molecule has 0 spiro atoms. The molecule has 0 bridgehead atoms. The molecule has 0 heterocycles. The Labute approximate surface area is 90.6 Å². The molecular formula is C10H20N2O3. The summed E-state index contributed by atoms with van der Waals surface area (Å²) in [4.78, 5) is 21.4. The second kappa shape index (κ2) is 8.20. The Morgan fingerprint density at radius 3 is 2.27 bits per heavy atom. The van der Waals surface area contributed by atoms with E-state index in [1.165, 1.54) is 26.3 Å². The molecule has 0 saturated carbocycles. The van der Waals surface area contributed by atoms with Gasteiger partial charge in [-0.15, -0.1) is 0 Å². The van der Waals surface area contributed by atoms with Gasteiger partial charge in [0.2, 0.25) is 0 Å². The first-order valence-electron chi connectivity index (χ1n) is 5.50. The van der Waals surface area contributed by atoms with Gasteiger partial charge in [-0.1, -0.05) is 44.0 Å². The molecule has 0 aliphatic rings. The molecule has 1 amide bonds. The molecule has 0 aromatic heterocycles. The lowest BCUT2D eigenvalue weighted by Crippen LogP contribution is -2.31. The lowest BCUT2D eigenvalue weighted by Gasteiger charge is -2.05. The second-order valence-corrected chi connectivity index (χ2v) is 3.67. The first-order valence-corrected chi connectivity index (χ1v) is 5.50. The van der Waals surface area contributed by atoms with Gasteiger partial charge < -0.3 is 0 Å². The monoisotopic (exact) mass is 216 g/mol. The molecule has 0 rings (SSSR count). The van der Waals surface area contributed by atoms with E-state index in [0.29, 0.717) is 5.01 Å². The summed E-state index contributed by atoms with van der Waals surface area (Å²) >= 11 is 0. The molecule has 0 aliphatic carbocycles. The first kappa shape index (κ1) is 13.9. The standard InChI is InChI=1S/C10H20N2O3/c1-3-4-5-6-7-8-9-10(13)11(2)12(14)15/h3-9H2,1-2H3. The van der Waals surface area contributed by atoms with E-state index in [-0.39, 0.29) is 6.42 Å². The number of carbonyl (C=O) groups is 1. The van der Waals surface area contributed by atoms with Crippen molar-refractivity contribution in [3.05, 3.63) is 10.1 Å². The van der Waals surface area contributed by atoms with Crippen LogP contribution < -0.4 is 0 Å². The maximum Gasteiger partial charge on any atom is 0.283 e. The van der Waals surface area contributed by atoms with E-state index in [0.717, 1.165) is 19.3 Å². The van der Waals surface area contributed by atoms with Crippen molar-refractivity contribution in [1.29, 1.82) is 0 Å². The summed E-state index contributed by atoms with van der Waals surface area (Å²) in [6, 6.07) is 0. The van der Waals surface area contributed by atoms with E-state index in [4.69, 9.17) is 0 Å². The van der Waals surface area contributed by atoms with Crippen LogP contribution in [0.15, 0.2) is 0 Å². The van der Waals surface area contributed by atoms with Crippen LogP contribution in [0.25, 0.3) is 0 Å². The topological polar surface area (TPSA) is 63.5 Å². The van der Waals surface area contributed by atoms with Crippen molar-refractivity contribution in [2.45, 2.75) is 51.9 Å². The zero-order valence-electron chi connectivity index (χ0n) is 9.57. The molecule has 0 saturated heterocycles. The summed E-state index contributed by atoms with van der Waals surface area (Å²) in [5.74, 6) is -0.407. The van der Waals surface area contributed by atoms with Gasteiger partial charge in [-0.2, -0.15) is 0 Å². The smallest absolute Gasteiger partial charge is 0.269 e. The molecule has 5 heteroatoms. The molecule has 0 atom stereocenters. The van der Waals surface area contributed by atoms with Gasteiger partial charge in [-0.25, -0.2) is 10.1 Å². The van der Waals surface area contributed by atoms with Crippen LogP contribution in [0.2, 0.25) is 0 Å². The SMILES string of the molecule is CCCCCCCCC(=O)N(C)[N+](=O)[O-]. The van der Waals surface area contributed by atoms with Gasteiger partial charge in [0.1, 0.15) is 0 Å². The molecule has 0 aromatic carbocycles. The quantitative estimate of drug-likeness (QED) is 0.355. The Balaban J connectivity index is 3.43. The van der Waals surface area contributed by atoms with Crippen molar-refractivity contribution in [2.75, 3.05) is 7.05 Å². The van der Waals surface area contributed by atoms with Crippen LogP contribution in [0.5, 0.6) is 0 Å². The number of carbonyl (C=O) groups excluding carboxylic acids is 1. The Hall–Kier alpha value is -1.13. The number of hydrazine groups is 1. The highest BCUT2D eigenvalue weighted by molar-refractivity contribution is 5.74. The highest BCUT2D eigenvalue weighted by Gasteiger charge is 2.16. The van der Waals surface area contributed by atoms with Crippen LogP contribution >= 0.6 is 0 Å². The van der Waals surface area contributed by atoms with Gasteiger partial charge in [-0.05, 0) is 6.42 Å². The van der Waals surface area contributed by atoms with E-state index in [1.54, 1.807) is 0 Å². The first-order chi connectivity index (χ1) is 7.09. The molecule has 0 aliphatic heterocycles. The summed E-state index contributed by atoms with van der Waals surface area (Å²) < 4.78 is 0. The maximum absolute atomic E-state index is 11.2. The van der Waals surface area contributed by atoms with Crippen molar-refractivity contribution in [2.24, 2.45) is 0 Å². The van der Waals surface area contributed by atoms with Crippen molar-refractivity contribution >= 4 is 5.91 Å². The van der Waals surface area contributed by atoms with Gasteiger partial charge in [-0.3, -0.25) is 4.79 Å². The fourth-order valence-electron chi connectivity index (χ4n) is 1.31. The lowest BCUT2D eigenvalue weighted by molar-refractivity contribution is -0.628. The number of hydrogen-bond donors (Lipinski definition) is 0. The average molecular weight is 216 g/mol. The highest BCUT2D eigenvalue weighted by atomic mass is 16.7. The number of rotatable bonds is 8. The van der Waals surface area contributed by atoms with Crippen LogP contribution in [-0.4, -0.2) is 23.0 Å². The lowest BCUT2D eigenvalue weighted by atomic mass is 10.1. The molecule has 15 heavy (non-hydrogen) atoms. The third-order valence-electron chi connectivity index (χ3n) is 2.35. The normalized spacial score (nSPS) is 10.0. The summed E-state index contributed by atoms with van der Waals surface area (Å²) in [6.45, 7) is 2.15. The predicted molar refractivity (Wildman–Crippen MR) is 57.8 cm³/mol. The molecule has 0 unspecified atom stereocenters. The molecule has 0 aromatic rings. The fraction of sp³-hybridized carbons (Fsp3) is 0.900. The minimum atomic E-state index is -0.681. The number of amides is 1. The van der Waals surface area contributed by atoms with Crippen molar-refractivity contribution in [3.63, 3.8) is 0 Å². The van der Waals surface area contributed by atoms with Crippen molar-refractivity contribution in [1.82, 2.24) is 5.01 Å². The predicted octanol–water partition coefficient (Wildman–Crippen LogP) is 2.39. The Morgan fingerprint density at radius 2 is 1.73 bits per heavy atom. The van der Waals surface area contributed by atoms with Gasteiger partial charge in [0.25, 0.3) is 5.91 Å². The zero-order chi connectivity index (χ0) is 11.7. The summed E-state index contributed by atoms with van der Waals surface area (Å²) in [7, 11) is 1.19. The third kappa shape index (κ3) is 6.88. The van der Waals surface area contributed by atoms with Gasteiger partial charge in [0.05, 0.1) is 7.05 Å². The maximum atomic E-state index is 11.2. The molecule has 0 N–H and O–H groups in total. The zero-order valence-corrected chi connectivity index (χ0v) is 9.57. The average Bonchev–Trinajstić information content (AvgIpc) is 2.21. The summed E-state index contributed by atoms with van der Waals surface area (Å²) in [5.41, 5.74) is 0. The number of unbranched alkanes of at least 4 members (excludes halogenated alkanes) is 5. The van der Waals surface area contributed by atoms with Crippen molar-refractivity contribution < 1.29 is 9.83 Å². The van der Waals surface area contributed by atoms with E-state index in [9.17, 15) is 14.9 Å². The van der Waals surface area contributed by atoms with Crippen LogP contribution in [0.3, 0.4) is 0 Å². The minimum absolute atomic E-state index is 0.281.